The van der Waals surface area contributed by atoms with Crippen LogP contribution in [0.3, 0.4) is 0 Å². The van der Waals surface area contributed by atoms with Crippen molar-refractivity contribution in [2.75, 3.05) is 13.1 Å². The summed E-state index contributed by atoms with van der Waals surface area (Å²) in [6.07, 6.45) is 0. The first-order chi connectivity index (χ1) is 6.20. The van der Waals surface area contributed by atoms with Gasteiger partial charge >= 0.3 is 0 Å². The van der Waals surface area contributed by atoms with Crippen molar-refractivity contribution in [3.63, 3.8) is 0 Å². The van der Waals surface area contributed by atoms with Gasteiger partial charge < -0.3 is 11.5 Å². The zero-order chi connectivity index (χ0) is 9.84. The molecule has 0 fully saturated rings. The second-order valence-corrected chi connectivity index (χ2v) is 3.60. The monoisotopic (exact) mass is 218 g/mol. The van der Waals surface area contributed by atoms with Gasteiger partial charge in [0, 0.05) is 19.0 Å². The Morgan fingerprint density at radius 2 is 1.77 bits per heavy atom. The topological polar surface area (TPSA) is 52.0 Å². The van der Waals surface area contributed by atoms with E-state index >= 15 is 0 Å². The van der Waals surface area contributed by atoms with E-state index in [-0.39, 0.29) is 5.92 Å². The molecule has 1 aromatic carbocycles. The third-order valence-electron chi connectivity index (χ3n) is 1.99. The molecule has 4 heteroatoms. The summed E-state index contributed by atoms with van der Waals surface area (Å²) in [5, 5.41) is 1.11. The Labute approximate surface area is 87.8 Å². The highest BCUT2D eigenvalue weighted by Gasteiger charge is 2.12. The zero-order valence-electron chi connectivity index (χ0n) is 7.13. The Morgan fingerprint density at radius 3 is 2.31 bits per heavy atom. The highest BCUT2D eigenvalue weighted by molar-refractivity contribution is 6.42. The molecule has 0 unspecified atom stereocenters. The van der Waals surface area contributed by atoms with Crippen molar-refractivity contribution in [1.29, 1.82) is 0 Å². The first-order valence-corrected chi connectivity index (χ1v) is 4.80. The highest BCUT2D eigenvalue weighted by Crippen LogP contribution is 2.29. The van der Waals surface area contributed by atoms with Crippen molar-refractivity contribution in [1.82, 2.24) is 0 Å². The van der Waals surface area contributed by atoms with Crippen LogP contribution in [0.1, 0.15) is 11.5 Å². The smallest absolute Gasteiger partial charge is 0.0628 e. The van der Waals surface area contributed by atoms with Gasteiger partial charge in [-0.05, 0) is 11.6 Å². The van der Waals surface area contributed by atoms with Gasteiger partial charge in [0.1, 0.15) is 0 Å². The first-order valence-electron chi connectivity index (χ1n) is 4.04. The minimum absolute atomic E-state index is 0.0891. The van der Waals surface area contributed by atoms with Gasteiger partial charge in [-0.1, -0.05) is 35.3 Å². The van der Waals surface area contributed by atoms with Crippen LogP contribution in [0.15, 0.2) is 18.2 Å². The number of rotatable bonds is 3. The second kappa shape index (κ2) is 4.82. The zero-order valence-corrected chi connectivity index (χ0v) is 8.65. The molecule has 0 heterocycles. The van der Waals surface area contributed by atoms with E-state index in [9.17, 15) is 0 Å². The second-order valence-electron chi connectivity index (χ2n) is 2.81. The van der Waals surface area contributed by atoms with E-state index in [4.69, 9.17) is 34.7 Å². The molecule has 0 saturated heterocycles. The fourth-order valence-corrected chi connectivity index (χ4v) is 1.65. The Hall–Kier alpha value is -0.280. The van der Waals surface area contributed by atoms with Crippen LogP contribution in [0.25, 0.3) is 0 Å². The SMILES string of the molecule is NCC(CN)c1cccc(Cl)c1Cl. The van der Waals surface area contributed by atoms with Gasteiger partial charge in [0.15, 0.2) is 0 Å². The van der Waals surface area contributed by atoms with Crippen LogP contribution in [-0.2, 0) is 0 Å². The lowest BCUT2D eigenvalue weighted by atomic mass is 9.99. The van der Waals surface area contributed by atoms with Crippen LogP contribution in [0.2, 0.25) is 10.0 Å². The molecule has 2 nitrogen and oxygen atoms in total. The fourth-order valence-electron chi connectivity index (χ4n) is 1.19. The number of hydrogen-bond acceptors (Lipinski definition) is 2. The highest BCUT2D eigenvalue weighted by atomic mass is 35.5. The molecule has 0 radical (unpaired) electrons. The van der Waals surface area contributed by atoms with Gasteiger partial charge in [0.05, 0.1) is 10.0 Å². The Balaban J connectivity index is 3.05. The molecule has 0 atom stereocenters. The molecular weight excluding hydrogens is 207 g/mol. The summed E-state index contributed by atoms with van der Waals surface area (Å²) in [5.41, 5.74) is 12.0. The summed E-state index contributed by atoms with van der Waals surface area (Å²) in [7, 11) is 0. The Bertz CT molecular complexity index is 285. The van der Waals surface area contributed by atoms with Crippen molar-refractivity contribution in [2.45, 2.75) is 5.92 Å². The summed E-state index contributed by atoms with van der Waals surface area (Å²) in [5.74, 6) is 0.0891. The van der Waals surface area contributed by atoms with E-state index in [1.807, 2.05) is 12.1 Å². The van der Waals surface area contributed by atoms with Gasteiger partial charge in [-0.2, -0.15) is 0 Å². The molecule has 0 aliphatic heterocycles. The van der Waals surface area contributed by atoms with E-state index in [0.717, 1.165) is 5.56 Å². The summed E-state index contributed by atoms with van der Waals surface area (Å²) >= 11 is 11.9. The summed E-state index contributed by atoms with van der Waals surface area (Å²) in [6.45, 7) is 0.965. The number of hydrogen-bond donors (Lipinski definition) is 2. The molecule has 72 valence electrons. The van der Waals surface area contributed by atoms with Gasteiger partial charge in [-0.25, -0.2) is 0 Å². The number of halogens is 2. The molecular formula is C9H12Cl2N2. The maximum absolute atomic E-state index is 6.00. The van der Waals surface area contributed by atoms with E-state index < -0.39 is 0 Å². The molecule has 13 heavy (non-hydrogen) atoms. The van der Waals surface area contributed by atoms with Gasteiger partial charge in [-0.3, -0.25) is 0 Å². The van der Waals surface area contributed by atoms with Crippen molar-refractivity contribution in [3.05, 3.63) is 33.8 Å². The Kier molecular flexibility index (Phi) is 4.00. The number of benzene rings is 1. The van der Waals surface area contributed by atoms with E-state index in [2.05, 4.69) is 0 Å². The predicted octanol–water partition coefficient (Wildman–Crippen LogP) is 1.99. The summed E-state index contributed by atoms with van der Waals surface area (Å²) in [6, 6.07) is 5.50. The first kappa shape index (κ1) is 10.8. The van der Waals surface area contributed by atoms with Gasteiger partial charge in [-0.15, -0.1) is 0 Å². The lowest BCUT2D eigenvalue weighted by Gasteiger charge is -2.14. The van der Waals surface area contributed by atoms with E-state index in [0.29, 0.717) is 23.1 Å². The maximum Gasteiger partial charge on any atom is 0.0628 e. The van der Waals surface area contributed by atoms with Crippen LogP contribution in [0.5, 0.6) is 0 Å². The molecule has 0 spiro atoms. The number of nitrogens with two attached hydrogens (primary N) is 2. The van der Waals surface area contributed by atoms with Crippen LogP contribution in [0, 0.1) is 0 Å². The lowest BCUT2D eigenvalue weighted by molar-refractivity contribution is 0.709. The normalized spacial score (nSPS) is 10.8. The summed E-state index contributed by atoms with van der Waals surface area (Å²) in [4.78, 5) is 0. The van der Waals surface area contributed by atoms with Crippen LogP contribution in [0.4, 0.5) is 0 Å². The maximum atomic E-state index is 6.00. The minimum Gasteiger partial charge on any atom is -0.330 e. The molecule has 1 aromatic rings. The molecule has 1 rings (SSSR count). The van der Waals surface area contributed by atoms with Crippen LogP contribution in [-0.4, -0.2) is 13.1 Å². The molecule has 0 amide bonds. The van der Waals surface area contributed by atoms with Gasteiger partial charge in [0.25, 0.3) is 0 Å². The van der Waals surface area contributed by atoms with Gasteiger partial charge in [0.2, 0.25) is 0 Å². The molecule has 0 bridgehead atoms. The average Bonchev–Trinajstić information content (AvgIpc) is 2.14. The van der Waals surface area contributed by atoms with Crippen molar-refractivity contribution in [2.24, 2.45) is 11.5 Å². The Morgan fingerprint density at radius 1 is 1.15 bits per heavy atom. The van der Waals surface area contributed by atoms with E-state index in [1.54, 1.807) is 6.07 Å². The van der Waals surface area contributed by atoms with Crippen LogP contribution < -0.4 is 11.5 Å². The molecule has 0 aliphatic rings. The molecule has 0 aliphatic carbocycles. The van der Waals surface area contributed by atoms with Crippen LogP contribution >= 0.6 is 23.2 Å². The average molecular weight is 219 g/mol. The summed E-state index contributed by atoms with van der Waals surface area (Å²) < 4.78 is 0. The standard InChI is InChI=1S/C9H12Cl2N2/c10-8-3-1-2-7(9(8)11)6(4-12)5-13/h1-3,6H,4-5,12-13H2. The third kappa shape index (κ3) is 2.35. The quantitative estimate of drug-likeness (QED) is 0.816. The third-order valence-corrected chi connectivity index (χ3v) is 2.82. The molecule has 0 saturated carbocycles. The predicted molar refractivity (Wildman–Crippen MR) is 57.3 cm³/mol. The lowest BCUT2D eigenvalue weighted by Crippen LogP contribution is -2.21. The fraction of sp³-hybridized carbons (Fsp3) is 0.333. The molecule has 0 aromatic heterocycles. The van der Waals surface area contributed by atoms with E-state index in [1.165, 1.54) is 0 Å². The largest absolute Gasteiger partial charge is 0.330 e. The van der Waals surface area contributed by atoms with Crippen molar-refractivity contribution >= 4 is 23.2 Å². The molecule has 4 N–H and O–H groups in total. The van der Waals surface area contributed by atoms with Crippen molar-refractivity contribution in [3.8, 4) is 0 Å². The minimum atomic E-state index is 0.0891. The van der Waals surface area contributed by atoms with Crippen molar-refractivity contribution < 1.29 is 0 Å².